The van der Waals surface area contributed by atoms with Crippen LogP contribution in [0, 0.1) is 0 Å². The first-order valence-electron chi connectivity index (χ1n) is 13.7. The highest BCUT2D eigenvalue weighted by molar-refractivity contribution is 6.02. The lowest BCUT2D eigenvalue weighted by Gasteiger charge is -2.31. The van der Waals surface area contributed by atoms with Crippen molar-refractivity contribution in [1.82, 2.24) is 15.5 Å². The number of benzene rings is 2. The van der Waals surface area contributed by atoms with Gasteiger partial charge >= 0.3 is 11.9 Å². The van der Waals surface area contributed by atoms with Gasteiger partial charge in [-0.05, 0) is 45.9 Å². The number of esters is 2. The molecule has 5 rings (SSSR count). The summed E-state index contributed by atoms with van der Waals surface area (Å²) >= 11 is 0. The van der Waals surface area contributed by atoms with Crippen LogP contribution in [-0.4, -0.2) is 62.3 Å². The minimum atomic E-state index is -0.868. The van der Waals surface area contributed by atoms with Gasteiger partial charge in [-0.15, -0.1) is 0 Å². The molecule has 0 amide bonds. The van der Waals surface area contributed by atoms with E-state index in [1.54, 1.807) is 70.2 Å². The summed E-state index contributed by atoms with van der Waals surface area (Å²) < 4.78 is 17.7. The second kappa shape index (κ2) is 11.7. The number of ether oxygens (including phenoxy) is 2. The lowest BCUT2D eigenvalue weighted by Crippen LogP contribution is -2.44. The molecule has 3 aromatic rings. The maximum absolute atomic E-state index is 13.7. The number of carbonyl (C=O) groups is 2. The molecule has 1 aromatic heterocycles. The Hall–Kier alpha value is -3.95. The number of nitrogens with zero attached hydrogens (tertiary/aromatic N) is 1. The van der Waals surface area contributed by atoms with Gasteiger partial charge in [0.05, 0.1) is 33.9 Å². The topological polar surface area (TPSA) is 110 Å². The lowest BCUT2D eigenvalue weighted by atomic mass is 9.79. The van der Waals surface area contributed by atoms with E-state index in [0.29, 0.717) is 45.4 Å². The molecule has 2 N–H and O–H groups in total. The van der Waals surface area contributed by atoms with Crippen molar-refractivity contribution in [3.05, 3.63) is 80.8 Å². The van der Waals surface area contributed by atoms with E-state index in [0.717, 1.165) is 26.2 Å². The summed E-state index contributed by atoms with van der Waals surface area (Å²) in [5.41, 5.74) is 2.77. The number of para-hydroxylation sites is 2. The fourth-order valence-corrected chi connectivity index (χ4v) is 5.48. The Kier molecular flexibility index (Phi) is 8.04. The molecule has 210 valence electrons. The largest absolute Gasteiger partial charge is 0.461 e. The van der Waals surface area contributed by atoms with Crippen molar-refractivity contribution in [2.24, 2.45) is 0 Å². The zero-order valence-electron chi connectivity index (χ0n) is 23.3. The summed E-state index contributed by atoms with van der Waals surface area (Å²) in [7, 11) is 0. The number of carbonyl (C=O) groups excluding carboxylic acids is 2. The molecule has 3 heterocycles. The Labute approximate surface area is 232 Å². The van der Waals surface area contributed by atoms with E-state index < -0.39 is 17.9 Å². The van der Waals surface area contributed by atoms with Gasteiger partial charge in [0.2, 0.25) is 5.43 Å². The highest BCUT2D eigenvalue weighted by Crippen LogP contribution is 2.42. The Bertz CT molecular complexity index is 1580. The molecule has 9 nitrogen and oxygen atoms in total. The number of rotatable bonds is 7. The third-order valence-corrected chi connectivity index (χ3v) is 7.34. The number of piperazine rings is 1. The second-order valence-electron chi connectivity index (χ2n) is 10.5. The molecule has 0 bridgehead atoms. The SMILES string of the molecule is CC1=C(C(=O)OCCN2CCNCC2)C(c2cccc3c(=O)c4ccccc4oc23)C(C(=O)OC(C)C)=C(C)N1. The third-order valence-electron chi connectivity index (χ3n) is 7.34. The first-order valence-corrected chi connectivity index (χ1v) is 13.7. The van der Waals surface area contributed by atoms with Crippen molar-refractivity contribution in [3.63, 3.8) is 0 Å². The Morgan fingerprint density at radius 2 is 1.65 bits per heavy atom. The van der Waals surface area contributed by atoms with Crippen LogP contribution in [0.4, 0.5) is 0 Å². The van der Waals surface area contributed by atoms with Crippen LogP contribution >= 0.6 is 0 Å². The lowest BCUT2D eigenvalue weighted by molar-refractivity contribution is -0.143. The number of nitrogens with one attached hydrogen (secondary N) is 2. The normalized spacial score (nSPS) is 18.4. The molecule has 1 fully saturated rings. The number of hydrogen-bond donors (Lipinski definition) is 2. The smallest absolute Gasteiger partial charge is 0.337 e. The summed E-state index contributed by atoms with van der Waals surface area (Å²) in [6.45, 7) is 11.5. The zero-order valence-corrected chi connectivity index (χ0v) is 23.3. The van der Waals surface area contributed by atoms with E-state index in [9.17, 15) is 14.4 Å². The van der Waals surface area contributed by atoms with Gasteiger partial charge < -0.3 is 24.5 Å². The minimum absolute atomic E-state index is 0.180. The monoisotopic (exact) mass is 545 g/mol. The highest BCUT2D eigenvalue weighted by Gasteiger charge is 2.39. The van der Waals surface area contributed by atoms with E-state index in [1.165, 1.54) is 0 Å². The van der Waals surface area contributed by atoms with Gasteiger partial charge in [0.1, 0.15) is 17.8 Å². The van der Waals surface area contributed by atoms with Crippen molar-refractivity contribution < 1.29 is 23.5 Å². The van der Waals surface area contributed by atoms with Gasteiger partial charge in [-0.25, -0.2) is 9.59 Å². The maximum Gasteiger partial charge on any atom is 0.337 e. The van der Waals surface area contributed by atoms with Crippen LogP contribution in [0.2, 0.25) is 0 Å². The predicted octanol–water partition coefficient (Wildman–Crippen LogP) is 3.58. The molecule has 40 heavy (non-hydrogen) atoms. The molecule has 1 atom stereocenters. The van der Waals surface area contributed by atoms with E-state index in [4.69, 9.17) is 13.9 Å². The summed E-state index contributed by atoms with van der Waals surface area (Å²) in [5, 5.41) is 7.33. The van der Waals surface area contributed by atoms with E-state index in [1.807, 2.05) is 0 Å². The molecule has 2 aliphatic heterocycles. The molecule has 0 aliphatic carbocycles. The van der Waals surface area contributed by atoms with Gasteiger partial charge in [0, 0.05) is 49.7 Å². The maximum atomic E-state index is 13.7. The van der Waals surface area contributed by atoms with E-state index in [-0.39, 0.29) is 29.3 Å². The fourth-order valence-electron chi connectivity index (χ4n) is 5.48. The third kappa shape index (κ3) is 5.39. The molecule has 0 saturated carbocycles. The van der Waals surface area contributed by atoms with Crippen LogP contribution < -0.4 is 16.1 Å². The fraction of sp³-hybridized carbons (Fsp3) is 0.387. The van der Waals surface area contributed by atoms with Crippen LogP contribution in [-0.2, 0) is 19.1 Å². The van der Waals surface area contributed by atoms with Crippen LogP contribution in [0.1, 0.15) is 39.2 Å². The first kappa shape index (κ1) is 27.6. The minimum Gasteiger partial charge on any atom is -0.461 e. The van der Waals surface area contributed by atoms with Gasteiger partial charge in [-0.3, -0.25) is 9.69 Å². The predicted molar refractivity (Wildman–Crippen MR) is 153 cm³/mol. The Morgan fingerprint density at radius 3 is 2.38 bits per heavy atom. The molecule has 0 spiro atoms. The molecule has 2 aromatic carbocycles. The quantitative estimate of drug-likeness (QED) is 0.340. The van der Waals surface area contributed by atoms with Gasteiger partial charge in [0.25, 0.3) is 0 Å². The summed E-state index contributed by atoms with van der Waals surface area (Å²) in [4.78, 5) is 42.9. The Morgan fingerprint density at radius 1 is 0.975 bits per heavy atom. The standard InChI is InChI=1S/C31H35N3O6/c1-18(2)39-31(37)26-20(4)33-19(3)25(30(36)38-17-16-34-14-12-32-13-15-34)27(26)22-9-7-10-23-28(35)21-8-5-6-11-24(21)40-29(22)23/h5-11,18,27,32-33H,12-17H2,1-4H3. The van der Waals surface area contributed by atoms with E-state index in [2.05, 4.69) is 15.5 Å². The number of hydrogen-bond acceptors (Lipinski definition) is 9. The van der Waals surface area contributed by atoms with Crippen molar-refractivity contribution in [3.8, 4) is 0 Å². The average Bonchev–Trinajstić information content (AvgIpc) is 2.92. The van der Waals surface area contributed by atoms with Crippen LogP contribution in [0.25, 0.3) is 21.9 Å². The van der Waals surface area contributed by atoms with Crippen molar-refractivity contribution >= 4 is 33.9 Å². The Balaban J connectivity index is 1.61. The van der Waals surface area contributed by atoms with Crippen LogP contribution in [0.15, 0.2) is 74.2 Å². The summed E-state index contributed by atoms with van der Waals surface area (Å²) in [5.74, 6) is -1.96. The van der Waals surface area contributed by atoms with Crippen LogP contribution in [0.3, 0.4) is 0 Å². The van der Waals surface area contributed by atoms with Gasteiger partial charge in [0.15, 0.2) is 0 Å². The second-order valence-corrected chi connectivity index (χ2v) is 10.5. The number of fused-ring (bicyclic) bond motifs is 2. The molecule has 9 heteroatoms. The van der Waals surface area contributed by atoms with Crippen LogP contribution in [0.5, 0.6) is 0 Å². The van der Waals surface area contributed by atoms with Crippen molar-refractivity contribution in [1.29, 1.82) is 0 Å². The number of allylic oxidation sites excluding steroid dienone is 2. The molecule has 0 radical (unpaired) electrons. The van der Waals surface area contributed by atoms with Gasteiger partial charge in [-0.1, -0.05) is 24.3 Å². The molecule has 1 saturated heterocycles. The summed E-state index contributed by atoms with van der Waals surface area (Å²) in [6, 6.07) is 12.3. The first-order chi connectivity index (χ1) is 19.3. The van der Waals surface area contributed by atoms with E-state index >= 15 is 0 Å². The molecular weight excluding hydrogens is 510 g/mol. The highest BCUT2D eigenvalue weighted by atomic mass is 16.5. The average molecular weight is 546 g/mol. The van der Waals surface area contributed by atoms with Crippen molar-refractivity contribution in [2.45, 2.75) is 39.7 Å². The molecule has 2 aliphatic rings. The summed E-state index contributed by atoms with van der Waals surface area (Å²) in [6.07, 6.45) is -0.371. The zero-order chi connectivity index (χ0) is 28.4. The van der Waals surface area contributed by atoms with Crippen molar-refractivity contribution in [2.75, 3.05) is 39.3 Å². The van der Waals surface area contributed by atoms with Gasteiger partial charge in [-0.2, -0.15) is 0 Å². The molecular formula is C31H35N3O6. The number of dihydropyridines is 1. The molecule has 1 unspecified atom stereocenters.